The molecule has 2 aliphatic rings. The fraction of sp³-hybridized carbons (Fsp3) is 0.350. The number of ether oxygens (including phenoxy) is 2. The smallest absolute Gasteiger partial charge is 0.254 e. The molecule has 2 aliphatic heterocycles. The Morgan fingerprint density at radius 3 is 2.80 bits per heavy atom. The number of morpholine rings is 1. The van der Waals surface area contributed by atoms with Gasteiger partial charge in [-0.2, -0.15) is 0 Å². The van der Waals surface area contributed by atoms with Gasteiger partial charge in [0.2, 0.25) is 0 Å². The van der Waals surface area contributed by atoms with Crippen molar-refractivity contribution in [3.05, 3.63) is 65.2 Å². The van der Waals surface area contributed by atoms with Gasteiger partial charge in [-0.15, -0.1) is 0 Å². The first-order valence-corrected chi connectivity index (χ1v) is 8.62. The largest absolute Gasteiger partial charge is 0.493 e. The Morgan fingerprint density at radius 1 is 1.16 bits per heavy atom. The Kier molecular flexibility index (Phi) is 4.42. The van der Waals surface area contributed by atoms with Gasteiger partial charge in [0.05, 0.1) is 25.9 Å². The first kappa shape index (κ1) is 16.1. The molecular formula is C20H21NO4. The number of hydrogen-bond donors (Lipinski definition) is 1. The van der Waals surface area contributed by atoms with Crippen molar-refractivity contribution in [2.45, 2.75) is 18.6 Å². The number of benzene rings is 2. The van der Waals surface area contributed by atoms with Gasteiger partial charge in [0.1, 0.15) is 11.9 Å². The van der Waals surface area contributed by atoms with E-state index in [1.807, 2.05) is 53.4 Å². The number of carbonyl (C=O) groups excluding carboxylic acids is 1. The van der Waals surface area contributed by atoms with E-state index in [-0.39, 0.29) is 18.6 Å². The molecule has 0 radical (unpaired) electrons. The lowest BCUT2D eigenvalue weighted by Crippen LogP contribution is -2.49. The van der Waals surface area contributed by atoms with Crippen molar-refractivity contribution in [2.24, 2.45) is 0 Å². The van der Waals surface area contributed by atoms with Gasteiger partial charge in [0, 0.05) is 18.5 Å². The van der Waals surface area contributed by atoms with Crippen LogP contribution in [0.2, 0.25) is 0 Å². The zero-order valence-corrected chi connectivity index (χ0v) is 13.9. The van der Waals surface area contributed by atoms with E-state index in [4.69, 9.17) is 9.47 Å². The maximum atomic E-state index is 13.2. The molecule has 1 fully saturated rings. The van der Waals surface area contributed by atoms with Gasteiger partial charge in [-0.05, 0) is 29.3 Å². The minimum atomic E-state index is -0.419. The molecule has 0 aliphatic carbocycles. The molecule has 25 heavy (non-hydrogen) atoms. The summed E-state index contributed by atoms with van der Waals surface area (Å²) in [5, 5.41) is 9.74. The van der Waals surface area contributed by atoms with Crippen LogP contribution in [0.3, 0.4) is 0 Å². The lowest BCUT2D eigenvalue weighted by Gasteiger charge is -2.41. The Hall–Kier alpha value is -2.37. The number of rotatable bonds is 3. The summed E-state index contributed by atoms with van der Waals surface area (Å²) in [4.78, 5) is 15.0. The summed E-state index contributed by atoms with van der Waals surface area (Å²) in [6, 6.07) is 15.1. The number of nitrogens with zero attached hydrogens (tertiary/aromatic N) is 1. The Labute approximate surface area is 146 Å². The second-order valence-electron chi connectivity index (χ2n) is 6.37. The molecule has 2 atom stereocenters. The van der Waals surface area contributed by atoms with Crippen molar-refractivity contribution in [1.82, 2.24) is 4.90 Å². The van der Waals surface area contributed by atoms with Gasteiger partial charge < -0.3 is 19.5 Å². The van der Waals surface area contributed by atoms with Gasteiger partial charge in [0.25, 0.3) is 5.91 Å². The maximum absolute atomic E-state index is 13.2. The highest BCUT2D eigenvalue weighted by Gasteiger charge is 2.36. The summed E-state index contributed by atoms with van der Waals surface area (Å²) in [6.07, 6.45) is 0.416. The molecule has 2 aromatic rings. The first-order chi connectivity index (χ1) is 12.3. The van der Waals surface area contributed by atoms with E-state index in [2.05, 4.69) is 0 Å². The van der Waals surface area contributed by atoms with Crippen LogP contribution < -0.4 is 4.74 Å². The lowest BCUT2D eigenvalue weighted by molar-refractivity contribution is -0.0811. The normalized spacial score (nSPS) is 22.4. The molecule has 0 unspecified atom stereocenters. The number of aliphatic hydroxyl groups is 1. The third kappa shape index (κ3) is 3.01. The molecule has 5 nitrogen and oxygen atoms in total. The van der Waals surface area contributed by atoms with Crippen molar-refractivity contribution in [3.8, 4) is 5.75 Å². The highest BCUT2D eigenvalue weighted by molar-refractivity contribution is 5.95. The van der Waals surface area contributed by atoms with Gasteiger partial charge in [-0.1, -0.05) is 30.3 Å². The first-order valence-electron chi connectivity index (χ1n) is 8.62. The van der Waals surface area contributed by atoms with E-state index in [9.17, 15) is 9.90 Å². The highest BCUT2D eigenvalue weighted by Crippen LogP contribution is 2.32. The van der Waals surface area contributed by atoms with Gasteiger partial charge >= 0.3 is 0 Å². The lowest BCUT2D eigenvalue weighted by atomic mass is 9.97. The van der Waals surface area contributed by atoms with Crippen molar-refractivity contribution in [3.63, 3.8) is 0 Å². The van der Waals surface area contributed by atoms with Crippen LogP contribution in [0.15, 0.2) is 48.5 Å². The summed E-state index contributed by atoms with van der Waals surface area (Å²) < 4.78 is 11.2. The predicted molar refractivity (Wildman–Crippen MR) is 92.7 cm³/mol. The van der Waals surface area contributed by atoms with E-state index in [0.29, 0.717) is 25.3 Å². The third-order valence-electron chi connectivity index (χ3n) is 4.87. The molecule has 0 spiro atoms. The number of fused-ring (bicyclic) bond motifs is 1. The summed E-state index contributed by atoms with van der Waals surface area (Å²) in [5.41, 5.74) is 2.71. The fourth-order valence-corrected chi connectivity index (χ4v) is 3.64. The monoisotopic (exact) mass is 339 g/mol. The van der Waals surface area contributed by atoms with E-state index < -0.39 is 6.10 Å². The van der Waals surface area contributed by atoms with Crippen LogP contribution in [0.5, 0.6) is 5.75 Å². The molecule has 1 saturated heterocycles. The topological polar surface area (TPSA) is 59.0 Å². The molecule has 0 bridgehead atoms. The van der Waals surface area contributed by atoms with Crippen LogP contribution in [0.25, 0.3) is 0 Å². The van der Waals surface area contributed by atoms with Gasteiger partial charge in [0.15, 0.2) is 0 Å². The van der Waals surface area contributed by atoms with E-state index >= 15 is 0 Å². The molecule has 2 heterocycles. The van der Waals surface area contributed by atoms with Crippen LogP contribution in [-0.4, -0.2) is 48.4 Å². The van der Waals surface area contributed by atoms with Crippen LogP contribution in [-0.2, 0) is 11.2 Å². The Bertz CT molecular complexity index is 762. The second kappa shape index (κ2) is 6.86. The second-order valence-corrected chi connectivity index (χ2v) is 6.37. The summed E-state index contributed by atoms with van der Waals surface area (Å²) in [6.45, 7) is 1.47. The van der Waals surface area contributed by atoms with Gasteiger partial charge in [-0.3, -0.25) is 4.79 Å². The van der Waals surface area contributed by atoms with Crippen molar-refractivity contribution >= 4 is 5.91 Å². The fourth-order valence-electron chi connectivity index (χ4n) is 3.64. The summed E-state index contributed by atoms with van der Waals surface area (Å²) >= 11 is 0. The molecule has 0 saturated carbocycles. The number of aliphatic hydroxyl groups excluding tert-OH is 1. The molecule has 0 aromatic heterocycles. The SMILES string of the molecule is O=C(c1ccc2c(c1)CCO2)N1CCO[C@@H](CO)[C@@H]1c1ccccc1. The Morgan fingerprint density at radius 2 is 2.00 bits per heavy atom. The summed E-state index contributed by atoms with van der Waals surface area (Å²) in [7, 11) is 0. The molecule has 2 aromatic carbocycles. The number of hydrogen-bond acceptors (Lipinski definition) is 4. The average Bonchev–Trinajstić information content (AvgIpc) is 3.15. The maximum Gasteiger partial charge on any atom is 0.254 e. The third-order valence-corrected chi connectivity index (χ3v) is 4.87. The zero-order chi connectivity index (χ0) is 17.2. The summed E-state index contributed by atoms with van der Waals surface area (Å²) in [5.74, 6) is 0.830. The van der Waals surface area contributed by atoms with Crippen LogP contribution in [0, 0.1) is 0 Å². The molecule has 1 amide bonds. The molecule has 130 valence electrons. The van der Waals surface area contributed by atoms with Gasteiger partial charge in [-0.25, -0.2) is 0 Å². The number of carbonyl (C=O) groups is 1. The minimum absolute atomic E-state index is 0.0368. The average molecular weight is 339 g/mol. The van der Waals surface area contributed by atoms with Crippen LogP contribution >= 0.6 is 0 Å². The van der Waals surface area contributed by atoms with E-state index in [1.165, 1.54) is 0 Å². The molecule has 1 N–H and O–H groups in total. The molecular weight excluding hydrogens is 318 g/mol. The molecule has 5 heteroatoms. The van der Waals surface area contributed by atoms with Crippen LogP contribution in [0.1, 0.15) is 27.5 Å². The van der Waals surface area contributed by atoms with Crippen LogP contribution in [0.4, 0.5) is 0 Å². The Balaban J connectivity index is 1.67. The quantitative estimate of drug-likeness (QED) is 0.931. The minimum Gasteiger partial charge on any atom is -0.493 e. The molecule has 4 rings (SSSR count). The number of amides is 1. The van der Waals surface area contributed by atoms with Crippen molar-refractivity contribution in [1.29, 1.82) is 0 Å². The standard InChI is InChI=1S/C20H21NO4/c22-13-18-19(14-4-2-1-3-5-14)21(9-11-25-18)20(23)16-6-7-17-15(12-16)8-10-24-17/h1-7,12,18-19,22H,8-11,13H2/t18-,19-/m0/s1. The highest BCUT2D eigenvalue weighted by atomic mass is 16.5. The zero-order valence-electron chi connectivity index (χ0n) is 13.9. The van der Waals surface area contributed by atoms with E-state index in [0.717, 1.165) is 23.3 Å². The predicted octanol–water partition coefficient (Wildman–Crippen LogP) is 2.20. The van der Waals surface area contributed by atoms with Crippen molar-refractivity contribution < 1.29 is 19.4 Å². The van der Waals surface area contributed by atoms with Crippen molar-refractivity contribution in [2.75, 3.05) is 26.4 Å². The van der Waals surface area contributed by atoms with E-state index in [1.54, 1.807) is 0 Å².